The number of pyridine rings is 1. The molecule has 2 aromatic heterocycles. The van der Waals surface area contributed by atoms with Gasteiger partial charge >= 0.3 is 0 Å². The topological polar surface area (TPSA) is 60.2 Å². The lowest BCUT2D eigenvalue weighted by molar-refractivity contribution is 0.0774. The highest BCUT2D eigenvalue weighted by molar-refractivity contribution is 5.92. The highest BCUT2D eigenvalue weighted by Gasteiger charge is 2.17. The molecule has 0 bridgehead atoms. The number of imidazole rings is 1. The number of hydrogen-bond donors (Lipinski definition) is 0. The van der Waals surface area contributed by atoms with Crippen LogP contribution in [0.25, 0.3) is 11.0 Å². The van der Waals surface area contributed by atoms with Gasteiger partial charge in [-0.3, -0.25) is 9.78 Å². The van der Waals surface area contributed by atoms with Gasteiger partial charge < -0.3 is 14.2 Å². The maximum Gasteiger partial charge on any atom is 0.272 e. The number of benzene rings is 2. The van der Waals surface area contributed by atoms with Crippen LogP contribution in [-0.4, -0.2) is 39.0 Å². The van der Waals surface area contributed by atoms with Gasteiger partial charge in [-0.2, -0.15) is 0 Å². The average Bonchev–Trinajstić information content (AvgIpc) is 3.15. The number of amides is 1. The number of carbonyl (C=O) groups excluding carboxylic acids is 1. The molecule has 6 heteroatoms. The van der Waals surface area contributed by atoms with Crippen LogP contribution in [0.4, 0.5) is 0 Å². The zero-order chi connectivity index (χ0) is 22.5. The molecule has 2 heterocycles. The number of aromatic nitrogens is 3. The van der Waals surface area contributed by atoms with Gasteiger partial charge in [0.05, 0.1) is 24.2 Å². The van der Waals surface area contributed by atoms with Gasteiger partial charge in [0, 0.05) is 19.8 Å². The van der Waals surface area contributed by atoms with Gasteiger partial charge in [0.25, 0.3) is 5.91 Å². The van der Waals surface area contributed by atoms with E-state index >= 15 is 0 Å². The molecule has 0 saturated heterocycles. The van der Waals surface area contributed by atoms with E-state index in [2.05, 4.69) is 41.6 Å². The summed E-state index contributed by atoms with van der Waals surface area (Å²) in [5.74, 6) is 1.69. The Morgan fingerprint density at radius 1 is 1.00 bits per heavy atom. The SMILES string of the molecule is Cc1cccc(C)c1OCCCn1c(CN(C)C(=O)c2ccccn2)nc2ccccc21. The fraction of sp³-hybridized carbons (Fsp3) is 0.269. The third kappa shape index (κ3) is 4.64. The van der Waals surface area contributed by atoms with Crippen LogP contribution in [0, 0.1) is 13.8 Å². The van der Waals surface area contributed by atoms with Crippen molar-refractivity contribution in [3.8, 4) is 5.75 Å². The van der Waals surface area contributed by atoms with E-state index in [9.17, 15) is 4.79 Å². The molecule has 0 N–H and O–H groups in total. The van der Waals surface area contributed by atoms with Crippen molar-refractivity contribution in [1.29, 1.82) is 0 Å². The first-order chi connectivity index (χ1) is 15.5. The Morgan fingerprint density at radius 2 is 1.75 bits per heavy atom. The number of carbonyl (C=O) groups is 1. The number of rotatable bonds is 8. The number of nitrogens with zero attached hydrogens (tertiary/aromatic N) is 4. The number of fused-ring (bicyclic) bond motifs is 1. The molecule has 0 fully saturated rings. The minimum absolute atomic E-state index is 0.123. The number of ether oxygens (including phenoxy) is 1. The molecule has 4 aromatic rings. The standard InChI is InChI=1S/C26H28N4O2/c1-19-10-8-11-20(2)25(19)32-17-9-16-30-23-14-5-4-12-21(23)28-24(30)18-29(3)26(31)22-13-6-7-15-27-22/h4-8,10-15H,9,16-18H2,1-3H3. The van der Waals surface area contributed by atoms with Crippen LogP contribution in [0.3, 0.4) is 0 Å². The Balaban J connectivity index is 1.48. The van der Waals surface area contributed by atoms with Crippen molar-refractivity contribution in [2.24, 2.45) is 0 Å². The van der Waals surface area contributed by atoms with E-state index in [1.165, 1.54) is 0 Å². The lowest BCUT2D eigenvalue weighted by Gasteiger charge is -2.18. The maximum atomic E-state index is 12.8. The highest BCUT2D eigenvalue weighted by atomic mass is 16.5. The quantitative estimate of drug-likeness (QED) is 0.379. The zero-order valence-electron chi connectivity index (χ0n) is 18.8. The van der Waals surface area contributed by atoms with Gasteiger partial charge in [-0.1, -0.05) is 36.4 Å². The van der Waals surface area contributed by atoms with Crippen molar-refractivity contribution >= 4 is 16.9 Å². The molecule has 0 spiro atoms. The maximum absolute atomic E-state index is 12.8. The minimum Gasteiger partial charge on any atom is -0.493 e. The van der Waals surface area contributed by atoms with Crippen LogP contribution in [0.1, 0.15) is 33.9 Å². The van der Waals surface area contributed by atoms with Crippen LogP contribution >= 0.6 is 0 Å². The van der Waals surface area contributed by atoms with E-state index in [0.717, 1.165) is 46.7 Å². The van der Waals surface area contributed by atoms with Gasteiger partial charge in [-0.05, 0) is 55.7 Å². The van der Waals surface area contributed by atoms with E-state index in [1.807, 2.05) is 30.3 Å². The van der Waals surface area contributed by atoms with Gasteiger partial charge in [0.2, 0.25) is 0 Å². The van der Waals surface area contributed by atoms with E-state index in [1.54, 1.807) is 30.3 Å². The predicted octanol–water partition coefficient (Wildman–Crippen LogP) is 4.79. The van der Waals surface area contributed by atoms with Crippen LogP contribution in [0.15, 0.2) is 66.9 Å². The summed E-state index contributed by atoms with van der Waals surface area (Å²) in [5.41, 5.74) is 4.71. The Labute approximate surface area is 188 Å². The predicted molar refractivity (Wildman–Crippen MR) is 126 cm³/mol. The zero-order valence-corrected chi connectivity index (χ0v) is 18.8. The molecule has 4 rings (SSSR count). The van der Waals surface area contributed by atoms with Crippen LogP contribution < -0.4 is 4.74 Å². The first-order valence-electron chi connectivity index (χ1n) is 10.8. The first-order valence-corrected chi connectivity index (χ1v) is 10.8. The van der Waals surface area contributed by atoms with Crippen molar-refractivity contribution in [1.82, 2.24) is 19.4 Å². The summed E-state index contributed by atoms with van der Waals surface area (Å²) >= 11 is 0. The Bertz CT molecular complexity index is 1200. The summed E-state index contributed by atoms with van der Waals surface area (Å²) in [6.45, 7) is 5.91. The first kappa shape index (κ1) is 21.6. The summed E-state index contributed by atoms with van der Waals surface area (Å²) < 4.78 is 8.27. The molecule has 0 saturated carbocycles. The molecular formula is C26H28N4O2. The molecule has 32 heavy (non-hydrogen) atoms. The molecule has 6 nitrogen and oxygen atoms in total. The van der Waals surface area contributed by atoms with Crippen LogP contribution in [-0.2, 0) is 13.1 Å². The monoisotopic (exact) mass is 428 g/mol. The highest BCUT2D eigenvalue weighted by Crippen LogP contribution is 2.23. The minimum atomic E-state index is -0.123. The number of para-hydroxylation sites is 3. The molecule has 0 aliphatic carbocycles. The fourth-order valence-electron chi connectivity index (χ4n) is 3.89. The lowest BCUT2D eigenvalue weighted by Crippen LogP contribution is -2.28. The summed E-state index contributed by atoms with van der Waals surface area (Å²) in [4.78, 5) is 23.4. The second-order valence-electron chi connectivity index (χ2n) is 7.97. The molecule has 0 unspecified atom stereocenters. The summed E-state index contributed by atoms with van der Waals surface area (Å²) in [6.07, 6.45) is 2.46. The Kier molecular flexibility index (Phi) is 6.50. The van der Waals surface area contributed by atoms with E-state index in [4.69, 9.17) is 9.72 Å². The van der Waals surface area contributed by atoms with E-state index < -0.39 is 0 Å². The Hall–Kier alpha value is -3.67. The number of aryl methyl sites for hydroxylation is 3. The normalized spacial score (nSPS) is 11.0. The molecule has 0 radical (unpaired) electrons. The molecule has 1 amide bonds. The molecule has 0 aliphatic heterocycles. The molecule has 164 valence electrons. The molecular weight excluding hydrogens is 400 g/mol. The van der Waals surface area contributed by atoms with Gasteiger partial charge in [-0.15, -0.1) is 0 Å². The van der Waals surface area contributed by atoms with Crippen LogP contribution in [0.2, 0.25) is 0 Å². The molecule has 0 aliphatic rings. The largest absolute Gasteiger partial charge is 0.493 e. The second-order valence-corrected chi connectivity index (χ2v) is 7.97. The van der Waals surface area contributed by atoms with Crippen LogP contribution in [0.5, 0.6) is 5.75 Å². The third-order valence-corrected chi connectivity index (χ3v) is 5.52. The van der Waals surface area contributed by atoms with Crippen molar-refractivity contribution in [3.63, 3.8) is 0 Å². The smallest absolute Gasteiger partial charge is 0.272 e. The summed E-state index contributed by atoms with van der Waals surface area (Å²) in [5, 5.41) is 0. The number of hydrogen-bond acceptors (Lipinski definition) is 4. The average molecular weight is 429 g/mol. The third-order valence-electron chi connectivity index (χ3n) is 5.52. The summed E-state index contributed by atoms with van der Waals surface area (Å²) in [7, 11) is 1.78. The van der Waals surface area contributed by atoms with E-state index in [-0.39, 0.29) is 5.91 Å². The van der Waals surface area contributed by atoms with Gasteiger partial charge in [0.15, 0.2) is 0 Å². The van der Waals surface area contributed by atoms with E-state index in [0.29, 0.717) is 18.8 Å². The fourth-order valence-corrected chi connectivity index (χ4v) is 3.89. The van der Waals surface area contributed by atoms with Gasteiger partial charge in [-0.25, -0.2) is 4.98 Å². The van der Waals surface area contributed by atoms with Crippen molar-refractivity contribution < 1.29 is 9.53 Å². The van der Waals surface area contributed by atoms with Gasteiger partial charge in [0.1, 0.15) is 17.3 Å². The van der Waals surface area contributed by atoms with Crippen molar-refractivity contribution in [3.05, 3.63) is 89.5 Å². The molecule has 2 aromatic carbocycles. The van der Waals surface area contributed by atoms with Crippen molar-refractivity contribution in [2.75, 3.05) is 13.7 Å². The molecule has 0 atom stereocenters. The second kappa shape index (κ2) is 9.64. The van der Waals surface area contributed by atoms with Crippen molar-refractivity contribution in [2.45, 2.75) is 33.4 Å². The lowest BCUT2D eigenvalue weighted by atomic mass is 10.1. The summed E-state index contributed by atoms with van der Waals surface area (Å²) in [6, 6.07) is 19.6. The Morgan fingerprint density at radius 3 is 2.50 bits per heavy atom.